The number of benzene rings is 1. The first-order valence-electron chi connectivity index (χ1n) is 7.46. The molecule has 1 unspecified atom stereocenters. The molecule has 0 aliphatic carbocycles. The van der Waals surface area contributed by atoms with Gasteiger partial charge in [0.05, 0.1) is 11.6 Å². The molecule has 1 atom stereocenters. The minimum absolute atomic E-state index is 0.0766. The van der Waals surface area contributed by atoms with Crippen molar-refractivity contribution in [3.8, 4) is 6.07 Å². The molecule has 0 radical (unpaired) electrons. The summed E-state index contributed by atoms with van der Waals surface area (Å²) in [7, 11) is 1.76. The summed E-state index contributed by atoms with van der Waals surface area (Å²) in [6, 6.07) is 9.20. The third kappa shape index (κ3) is 5.20. The summed E-state index contributed by atoms with van der Waals surface area (Å²) in [6.07, 6.45) is 2.32. The summed E-state index contributed by atoms with van der Waals surface area (Å²) in [5.74, 6) is 1.10. The molecule has 0 spiro atoms. The van der Waals surface area contributed by atoms with E-state index in [1.807, 2.05) is 6.07 Å². The molecule has 0 saturated carbocycles. The zero-order chi connectivity index (χ0) is 15.8. The molecular formula is C17H25N3O. The molecule has 114 valence electrons. The van der Waals surface area contributed by atoms with Gasteiger partial charge in [-0.25, -0.2) is 0 Å². The van der Waals surface area contributed by atoms with E-state index in [1.165, 1.54) is 0 Å². The van der Waals surface area contributed by atoms with Crippen molar-refractivity contribution in [3.05, 3.63) is 29.8 Å². The van der Waals surface area contributed by atoms with Crippen LogP contribution < -0.4 is 10.6 Å². The van der Waals surface area contributed by atoms with E-state index in [-0.39, 0.29) is 5.91 Å². The second-order valence-electron chi connectivity index (χ2n) is 5.74. The molecule has 4 heteroatoms. The summed E-state index contributed by atoms with van der Waals surface area (Å²) in [4.78, 5) is 13.9. The van der Waals surface area contributed by atoms with Crippen LogP contribution in [-0.2, 0) is 4.79 Å². The fourth-order valence-corrected chi connectivity index (χ4v) is 2.43. The lowest BCUT2D eigenvalue weighted by Gasteiger charge is -2.22. The average molecular weight is 287 g/mol. The number of nitrogens with two attached hydrogens (primary N) is 1. The van der Waals surface area contributed by atoms with E-state index in [0.29, 0.717) is 30.4 Å². The normalized spacial score (nSPS) is 12.0. The fourth-order valence-electron chi connectivity index (χ4n) is 2.43. The molecule has 0 bridgehead atoms. The topological polar surface area (TPSA) is 70.1 Å². The molecule has 4 nitrogen and oxygen atoms in total. The first-order valence-corrected chi connectivity index (χ1v) is 7.46. The quantitative estimate of drug-likeness (QED) is 0.838. The molecule has 1 aromatic rings. The third-order valence-electron chi connectivity index (χ3n) is 3.95. The molecule has 0 saturated heterocycles. The third-order valence-corrected chi connectivity index (χ3v) is 3.95. The lowest BCUT2D eigenvalue weighted by Crippen LogP contribution is -2.27. The minimum Gasteiger partial charge on any atom is -0.330 e. The SMILES string of the molecule is CC(C)C(CCN)CCC(=O)N(C)c1cccc(C#N)c1. The van der Waals surface area contributed by atoms with Crippen molar-refractivity contribution in [3.63, 3.8) is 0 Å². The predicted octanol–water partition coefficient (Wildman–Crippen LogP) is 2.92. The number of amides is 1. The molecule has 21 heavy (non-hydrogen) atoms. The molecule has 0 heterocycles. The highest BCUT2D eigenvalue weighted by Crippen LogP contribution is 2.22. The molecule has 0 aliphatic rings. The first kappa shape index (κ1) is 17.2. The Kier molecular flexibility index (Phi) is 6.90. The van der Waals surface area contributed by atoms with Crippen LogP contribution in [0.15, 0.2) is 24.3 Å². The van der Waals surface area contributed by atoms with Crippen molar-refractivity contribution < 1.29 is 4.79 Å². The van der Waals surface area contributed by atoms with Crippen LogP contribution in [0.1, 0.15) is 38.7 Å². The van der Waals surface area contributed by atoms with Crippen LogP contribution in [0.5, 0.6) is 0 Å². The van der Waals surface area contributed by atoms with Gasteiger partial charge in [0.25, 0.3) is 0 Å². The Hall–Kier alpha value is -1.86. The maximum absolute atomic E-state index is 12.3. The van der Waals surface area contributed by atoms with Crippen molar-refractivity contribution >= 4 is 11.6 Å². The number of hydrogen-bond acceptors (Lipinski definition) is 3. The van der Waals surface area contributed by atoms with E-state index >= 15 is 0 Å². The van der Waals surface area contributed by atoms with Gasteiger partial charge >= 0.3 is 0 Å². The second kappa shape index (κ2) is 8.43. The van der Waals surface area contributed by atoms with Crippen LogP contribution in [0.3, 0.4) is 0 Å². The van der Waals surface area contributed by atoms with E-state index in [0.717, 1.165) is 18.5 Å². The van der Waals surface area contributed by atoms with Gasteiger partial charge in [-0.3, -0.25) is 4.79 Å². The molecular weight excluding hydrogens is 262 g/mol. The Balaban J connectivity index is 2.64. The molecule has 0 fully saturated rings. The summed E-state index contributed by atoms with van der Waals surface area (Å²) in [6.45, 7) is 5.01. The van der Waals surface area contributed by atoms with Crippen LogP contribution in [0.2, 0.25) is 0 Å². The number of hydrogen-bond donors (Lipinski definition) is 1. The minimum atomic E-state index is 0.0766. The van der Waals surface area contributed by atoms with Gasteiger partial charge < -0.3 is 10.6 Å². The molecule has 0 aliphatic heterocycles. The monoisotopic (exact) mass is 287 g/mol. The molecule has 2 N–H and O–H groups in total. The lowest BCUT2D eigenvalue weighted by molar-refractivity contribution is -0.118. The number of carbonyl (C=O) groups is 1. The lowest BCUT2D eigenvalue weighted by atomic mass is 9.88. The number of nitriles is 1. The van der Waals surface area contributed by atoms with Gasteiger partial charge in [0, 0.05) is 19.2 Å². The largest absolute Gasteiger partial charge is 0.330 e. The van der Waals surface area contributed by atoms with Crippen molar-refractivity contribution in [2.75, 3.05) is 18.5 Å². The average Bonchev–Trinajstić information content (AvgIpc) is 2.50. The van der Waals surface area contributed by atoms with Crippen molar-refractivity contribution in [2.45, 2.75) is 33.1 Å². The highest BCUT2D eigenvalue weighted by molar-refractivity contribution is 5.92. The van der Waals surface area contributed by atoms with Crippen LogP contribution >= 0.6 is 0 Å². The van der Waals surface area contributed by atoms with E-state index in [4.69, 9.17) is 11.0 Å². The first-order chi connectivity index (χ1) is 9.99. The van der Waals surface area contributed by atoms with Gasteiger partial charge in [0.2, 0.25) is 5.91 Å². The van der Waals surface area contributed by atoms with E-state index in [1.54, 1.807) is 30.1 Å². The highest BCUT2D eigenvalue weighted by Gasteiger charge is 2.17. The van der Waals surface area contributed by atoms with Crippen LogP contribution in [0, 0.1) is 23.2 Å². The Morgan fingerprint density at radius 1 is 1.38 bits per heavy atom. The molecule has 1 aromatic carbocycles. The fraction of sp³-hybridized carbons (Fsp3) is 0.529. The second-order valence-corrected chi connectivity index (χ2v) is 5.74. The zero-order valence-corrected chi connectivity index (χ0v) is 13.2. The zero-order valence-electron chi connectivity index (χ0n) is 13.2. The van der Waals surface area contributed by atoms with E-state index in [9.17, 15) is 4.79 Å². The van der Waals surface area contributed by atoms with Gasteiger partial charge in [0.1, 0.15) is 0 Å². The van der Waals surface area contributed by atoms with E-state index in [2.05, 4.69) is 19.9 Å². The number of carbonyl (C=O) groups excluding carboxylic acids is 1. The van der Waals surface area contributed by atoms with Gasteiger partial charge in [-0.1, -0.05) is 19.9 Å². The smallest absolute Gasteiger partial charge is 0.226 e. The van der Waals surface area contributed by atoms with Gasteiger partial charge in [-0.15, -0.1) is 0 Å². The van der Waals surface area contributed by atoms with Crippen molar-refractivity contribution in [1.82, 2.24) is 0 Å². The number of rotatable bonds is 7. The van der Waals surface area contributed by atoms with Crippen molar-refractivity contribution in [1.29, 1.82) is 5.26 Å². The molecule has 1 rings (SSSR count). The summed E-state index contributed by atoms with van der Waals surface area (Å²) in [5.41, 5.74) is 6.96. The summed E-state index contributed by atoms with van der Waals surface area (Å²) < 4.78 is 0. The Labute approximate surface area is 127 Å². The van der Waals surface area contributed by atoms with Crippen LogP contribution in [0.4, 0.5) is 5.69 Å². The maximum Gasteiger partial charge on any atom is 0.226 e. The standard InChI is InChI=1S/C17H25N3O/c1-13(2)15(9-10-18)7-8-17(21)20(3)16-6-4-5-14(11-16)12-19/h4-6,11,13,15H,7-10,18H2,1-3H3. The van der Waals surface area contributed by atoms with E-state index < -0.39 is 0 Å². The molecule has 1 amide bonds. The number of anilines is 1. The van der Waals surface area contributed by atoms with Gasteiger partial charge in [0.15, 0.2) is 0 Å². The highest BCUT2D eigenvalue weighted by atomic mass is 16.2. The van der Waals surface area contributed by atoms with Crippen LogP contribution in [0.25, 0.3) is 0 Å². The van der Waals surface area contributed by atoms with Gasteiger partial charge in [-0.2, -0.15) is 5.26 Å². The Morgan fingerprint density at radius 2 is 2.10 bits per heavy atom. The maximum atomic E-state index is 12.3. The predicted molar refractivity (Wildman–Crippen MR) is 85.8 cm³/mol. The van der Waals surface area contributed by atoms with Crippen LogP contribution in [-0.4, -0.2) is 19.5 Å². The summed E-state index contributed by atoms with van der Waals surface area (Å²) >= 11 is 0. The van der Waals surface area contributed by atoms with Gasteiger partial charge in [-0.05, 0) is 49.4 Å². The summed E-state index contributed by atoms with van der Waals surface area (Å²) in [5, 5.41) is 8.91. The molecule has 0 aromatic heterocycles. The number of nitrogens with zero attached hydrogens (tertiary/aromatic N) is 2. The van der Waals surface area contributed by atoms with Crippen molar-refractivity contribution in [2.24, 2.45) is 17.6 Å². The Bertz CT molecular complexity index is 505. The Morgan fingerprint density at radius 3 is 2.67 bits per heavy atom.